The highest BCUT2D eigenvalue weighted by molar-refractivity contribution is 6.32. The van der Waals surface area contributed by atoms with Crippen molar-refractivity contribution in [3.05, 3.63) is 46.5 Å². The van der Waals surface area contributed by atoms with Crippen LogP contribution in [0.4, 0.5) is 5.69 Å². The third kappa shape index (κ3) is 2.72. The number of methoxy groups -OCH3 is 1. The Morgan fingerprint density at radius 1 is 1.35 bits per heavy atom. The molecule has 0 bridgehead atoms. The van der Waals surface area contributed by atoms with Crippen molar-refractivity contribution >= 4 is 23.2 Å². The third-order valence-corrected chi connectivity index (χ3v) is 3.48. The Morgan fingerprint density at radius 3 is 2.70 bits per heavy atom. The number of amides is 1. The van der Waals surface area contributed by atoms with Gasteiger partial charge in [-0.3, -0.25) is 9.78 Å². The van der Waals surface area contributed by atoms with Gasteiger partial charge in [0.2, 0.25) is 0 Å². The zero-order chi connectivity index (χ0) is 14.7. The van der Waals surface area contributed by atoms with Gasteiger partial charge in [0.15, 0.2) is 0 Å². The highest BCUT2D eigenvalue weighted by atomic mass is 35.5. The first kappa shape index (κ1) is 14.3. The topological polar surface area (TPSA) is 64.1 Å². The molecule has 104 valence electrons. The molecule has 0 aliphatic heterocycles. The van der Waals surface area contributed by atoms with Gasteiger partial charge in [0.1, 0.15) is 11.4 Å². The van der Waals surface area contributed by atoms with Gasteiger partial charge in [-0.05, 0) is 31.0 Å². The number of ether oxygens (including phenoxy) is 1. The molecule has 0 saturated carbocycles. The minimum absolute atomic E-state index is 0.227. The van der Waals surface area contributed by atoms with Gasteiger partial charge < -0.3 is 10.1 Å². The van der Waals surface area contributed by atoms with Crippen LogP contribution in [0.1, 0.15) is 21.6 Å². The molecule has 1 N–H and O–H groups in total. The Balaban J connectivity index is 2.39. The first-order chi connectivity index (χ1) is 9.54. The molecule has 0 atom stereocenters. The summed E-state index contributed by atoms with van der Waals surface area (Å²) >= 11 is 6.21. The summed E-state index contributed by atoms with van der Waals surface area (Å²) < 4.78 is 5.29. The van der Waals surface area contributed by atoms with E-state index in [1.807, 2.05) is 13.8 Å². The van der Waals surface area contributed by atoms with E-state index in [0.717, 1.165) is 11.1 Å². The standard InChI is InChI=1S/C14H14ClN3O2/c1-8-6-11(20-3)13(9(2)12(8)15)18-14(19)10-7-16-4-5-17-10/h4-7H,1-3H3,(H,18,19). The molecular formula is C14H14ClN3O2. The maximum Gasteiger partial charge on any atom is 0.275 e. The molecular weight excluding hydrogens is 278 g/mol. The smallest absolute Gasteiger partial charge is 0.275 e. The quantitative estimate of drug-likeness (QED) is 0.944. The van der Waals surface area contributed by atoms with Crippen LogP contribution in [0, 0.1) is 13.8 Å². The number of nitrogens with one attached hydrogen (secondary N) is 1. The summed E-state index contributed by atoms with van der Waals surface area (Å²) in [5.74, 6) is 0.195. The minimum atomic E-state index is -0.362. The molecule has 1 heterocycles. The summed E-state index contributed by atoms with van der Waals surface area (Å²) in [6.07, 6.45) is 4.36. The second kappa shape index (κ2) is 5.88. The van der Waals surface area contributed by atoms with Crippen LogP contribution < -0.4 is 10.1 Å². The van der Waals surface area contributed by atoms with E-state index in [9.17, 15) is 4.79 Å². The van der Waals surface area contributed by atoms with Crippen LogP contribution in [0.25, 0.3) is 0 Å². The molecule has 2 rings (SSSR count). The minimum Gasteiger partial charge on any atom is -0.495 e. The van der Waals surface area contributed by atoms with E-state index in [2.05, 4.69) is 15.3 Å². The van der Waals surface area contributed by atoms with Crippen LogP contribution in [0.3, 0.4) is 0 Å². The Labute approximate surface area is 122 Å². The van der Waals surface area contributed by atoms with Gasteiger partial charge in [-0.1, -0.05) is 11.6 Å². The van der Waals surface area contributed by atoms with Crippen LogP contribution in [0.2, 0.25) is 5.02 Å². The molecule has 0 saturated heterocycles. The highest BCUT2D eigenvalue weighted by Crippen LogP contribution is 2.36. The summed E-state index contributed by atoms with van der Waals surface area (Å²) in [4.78, 5) is 19.9. The summed E-state index contributed by atoms with van der Waals surface area (Å²) in [7, 11) is 1.54. The van der Waals surface area contributed by atoms with Crippen LogP contribution in [-0.4, -0.2) is 23.0 Å². The number of halogens is 1. The lowest BCUT2D eigenvalue weighted by Crippen LogP contribution is -2.15. The number of carbonyl (C=O) groups excluding carboxylic acids is 1. The van der Waals surface area contributed by atoms with Gasteiger partial charge in [-0.25, -0.2) is 4.98 Å². The van der Waals surface area contributed by atoms with Crippen molar-refractivity contribution in [2.75, 3.05) is 12.4 Å². The first-order valence-electron chi connectivity index (χ1n) is 5.95. The molecule has 2 aromatic rings. The lowest BCUT2D eigenvalue weighted by atomic mass is 10.1. The molecule has 0 unspecified atom stereocenters. The number of aryl methyl sites for hydroxylation is 1. The predicted molar refractivity (Wildman–Crippen MR) is 77.5 cm³/mol. The molecule has 5 nitrogen and oxygen atoms in total. The van der Waals surface area contributed by atoms with E-state index in [-0.39, 0.29) is 11.6 Å². The zero-order valence-electron chi connectivity index (χ0n) is 11.4. The summed E-state index contributed by atoms with van der Waals surface area (Å²) in [6, 6.07) is 1.78. The SMILES string of the molecule is COc1cc(C)c(Cl)c(C)c1NC(=O)c1cnccn1. The Hall–Kier alpha value is -2.14. The second-order valence-electron chi connectivity index (χ2n) is 4.25. The number of carbonyl (C=O) groups is 1. The largest absolute Gasteiger partial charge is 0.495 e. The van der Waals surface area contributed by atoms with Crippen molar-refractivity contribution in [2.24, 2.45) is 0 Å². The van der Waals surface area contributed by atoms with E-state index in [1.54, 1.807) is 13.2 Å². The molecule has 0 aliphatic rings. The summed E-state index contributed by atoms with van der Waals surface area (Å²) in [5, 5.41) is 3.36. The van der Waals surface area contributed by atoms with Crippen LogP contribution in [0.5, 0.6) is 5.75 Å². The maximum absolute atomic E-state index is 12.1. The summed E-state index contributed by atoms with van der Waals surface area (Å²) in [6.45, 7) is 3.70. The van der Waals surface area contributed by atoms with E-state index < -0.39 is 0 Å². The number of nitrogens with zero attached hydrogens (tertiary/aromatic N) is 2. The van der Waals surface area contributed by atoms with Gasteiger partial charge >= 0.3 is 0 Å². The molecule has 6 heteroatoms. The Kier molecular flexibility index (Phi) is 4.20. The van der Waals surface area contributed by atoms with Crippen LogP contribution >= 0.6 is 11.6 Å². The molecule has 1 aromatic carbocycles. The lowest BCUT2D eigenvalue weighted by Gasteiger charge is -2.15. The summed E-state index contributed by atoms with van der Waals surface area (Å²) in [5.41, 5.74) is 2.41. The van der Waals surface area contributed by atoms with E-state index in [4.69, 9.17) is 16.3 Å². The fourth-order valence-electron chi connectivity index (χ4n) is 1.83. The Bertz CT molecular complexity index is 645. The fraction of sp³-hybridized carbons (Fsp3) is 0.214. The third-order valence-electron chi connectivity index (χ3n) is 2.90. The zero-order valence-corrected chi connectivity index (χ0v) is 12.2. The lowest BCUT2D eigenvalue weighted by molar-refractivity contribution is 0.102. The van der Waals surface area contributed by atoms with E-state index >= 15 is 0 Å². The van der Waals surface area contributed by atoms with Crippen LogP contribution in [-0.2, 0) is 0 Å². The molecule has 0 radical (unpaired) electrons. The molecule has 1 amide bonds. The average Bonchev–Trinajstić information content (AvgIpc) is 2.48. The van der Waals surface area contributed by atoms with Crippen molar-refractivity contribution in [1.82, 2.24) is 9.97 Å². The predicted octanol–water partition coefficient (Wildman–Crippen LogP) is 3.01. The number of anilines is 1. The van der Waals surface area contributed by atoms with Gasteiger partial charge in [-0.2, -0.15) is 0 Å². The molecule has 0 aliphatic carbocycles. The van der Waals surface area contributed by atoms with Gasteiger partial charge in [-0.15, -0.1) is 0 Å². The van der Waals surface area contributed by atoms with Crippen molar-refractivity contribution in [3.8, 4) is 5.75 Å². The van der Waals surface area contributed by atoms with Gasteiger partial charge in [0.25, 0.3) is 5.91 Å². The molecule has 1 aromatic heterocycles. The van der Waals surface area contributed by atoms with Crippen molar-refractivity contribution in [1.29, 1.82) is 0 Å². The highest BCUT2D eigenvalue weighted by Gasteiger charge is 2.16. The Morgan fingerprint density at radius 2 is 2.10 bits per heavy atom. The number of aromatic nitrogens is 2. The van der Waals surface area contributed by atoms with E-state index in [0.29, 0.717) is 16.5 Å². The number of benzene rings is 1. The van der Waals surface area contributed by atoms with Crippen LogP contribution in [0.15, 0.2) is 24.7 Å². The second-order valence-corrected chi connectivity index (χ2v) is 4.63. The number of rotatable bonds is 3. The average molecular weight is 292 g/mol. The van der Waals surface area contributed by atoms with Crippen molar-refractivity contribution < 1.29 is 9.53 Å². The molecule has 0 spiro atoms. The van der Waals surface area contributed by atoms with Gasteiger partial charge in [0.05, 0.1) is 19.0 Å². The fourth-order valence-corrected chi connectivity index (χ4v) is 1.98. The normalized spacial score (nSPS) is 10.2. The van der Waals surface area contributed by atoms with Crippen molar-refractivity contribution in [3.63, 3.8) is 0 Å². The molecule has 0 fully saturated rings. The maximum atomic E-state index is 12.1. The van der Waals surface area contributed by atoms with Gasteiger partial charge in [0, 0.05) is 17.4 Å². The molecule has 20 heavy (non-hydrogen) atoms. The van der Waals surface area contributed by atoms with E-state index in [1.165, 1.54) is 18.6 Å². The first-order valence-corrected chi connectivity index (χ1v) is 6.33. The van der Waals surface area contributed by atoms with Crippen molar-refractivity contribution in [2.45, 2.75) is 13.8 Å². The number of hydrogen-bond donors (Lipinski definition) is 1. The monoisotopic (exact) mass is 291 g/mol. The number of hydrogen-bond acceptors (Lipinski definition) is 4.